The van der Waals surface area contributed by atoms with Crippen LogP contribution in [0.4, 0.5) is 0 Å². The van der Waals surface area contributed by atoms with Crippen molar-refractivity contribution in [3.8, 4) is 0 Å². The average molecular weight is 170 g/mol. The van der Waals surface area contributed by atoms with Gasteiger partial charge in [-0.05, 0) is 25.7 Å². The van der Waals surface area contributed by atoms with Gasteiger partial charge in [0.2, 0.25) is 0 Å². The summed E-state index contributed by atoms with van der Waals surface area (Å²) in [5.41, 5.74) is 0. The van der Waals surface area contributed by atoms with Gasteiger partial charge in [0.1, 0.15) is 6.10 Å². The van der Waals surface area contributed by atoms with Crippen LogP contribution < -0.4 is 0 Å². The lowest BCUT2D eigenvalue weighted by molar-refractivity contribution is -0.152. The number of hydrogen-bond acceptors (Lipinski definition) is 3. The van der Waals surface area contributed by atoms with Gasteiger partial charge in [-0.1, -0.05) is 0 Å². The molecule has 0 radical (unpaired) electrons. The van der Waals surface area contributed by atoms with Gasteiger partial charge in [0.25, 0.3) is 0 Å². The van der Waals surface area contributed by atoms with E-state index in [0.29, 0.717) is 13.2 Å². The summed E-state index contributed by atoms with van der Waals surface area (Å²) in [6.45, 7) is 1.43. The molecule has 0 bridgehead atoms. The zero-order valence-corrected chi connectivity index (χ0v) is 7.12. The van der Waals surface area contributed by atoms with Gasteiger partial charge in [0, 0.05) is 13.2 Å². The molecule has 68 valence electrons. The molecule has 0 unspecified atom stereocenters. The van der Waals surface area contributed by atoms with Crippen molar-refractivity contribution < 1.29 is 14.3 Å². The fourth-order valence-electron chi connectivity index (χ4n) is 1.38. The first-order valence-electron chi connectivity index (χ1n) is 4.64. The number of esters is 1. The van der Waals surface area contributed by atoms with Crippen LogP contribution in [0.25, 0.3) is 0 Å². The van der Waals surface area contributed by atoms with Crippen LogP contribution in [0.15, 0.2) is 0 Å². The number of carbonyl (C=O) groups is 1. The zero-order chi connectivity index (χ0) is 8.39. The minimum absolute atomic E-state index is 0.000741. The third-order valence-corrected chi connectivity index (χ3v) is 2.36. The lowest BCUT2D eigenvalue weighted by Crippen LogP contribution is -2.25. The molecule has 0 spiro atoms. The van der Waals surface area contributed by atoms with E-state index in [9.17, 15) is 4.79 Å². The Labute approximate surface area is 72.0 Å². The van der Waals surface area contributed by atoms with Crippen LogP contribution in [0.3, 0.4) is 0 Å². The summed E-state index contributed by atoms with van der Waals surface area (Å²) in [7, 11) is 0. The standard InChI is InChI=1S/C9H14O3/c10-9(12-8-1-2-8)7-3-5-11-6-4-7/h7-8H,1-6H2. The van der Waals surface area contributed by atoms with Gasteiger partial charge in [-0.2, -0.15) is 0 Å². The third-order valence-electron chi connectivity index (χ3n) is 2.36. The molecule has 0 N–H and O–H groups in total. The van der Waals surface area contributed by atoms with E-state index in [-0.39, 0.29) is 18.0 Å². The van der Waals surface area contributed by atoms with Gasteiger partial charge < -0.3 is 9.47 Å². The van der Waals surface area contributed by atoms with Gasteiger partial charge in [0.05, 0.1) is 5.92 Å². The highest BCUT2D eigenvalue weighted by Crippen LogP contribution is 2.26. The van der Waals surface area contributed by atoms with Crippen LogP contribution in [0, 0.1) is 5.92 Å². The van der Waals surface area contributed by atoms with Gasteiger partial charge in [-0.25, -0.2) is 0 Å². The van der Waals surface area contributed by atoms with Crippen LogP contribution >= 0.6 is 0 Å². The molecule has 2 aliphatic rings. The Morgan fingerprint density at radius 1 is 1.17 bits per heavy atom. The van der Waals surface area contributed by atoms with Crippen LogP contribution in [-0.4, -0.2) is 25.3 Å². The van der Waals surface area contributed by atoms with E-state index < -0.39 is 0 Å². The van der Waals surface area contributed by atoms with Crippen molar-refractivity contribution in [2.75, 3.05) is 13.2 Å². The van der Waals surface area contributed by atoms with E-state index in [4.69, 9.17) is 9.47 Å². The average Bonchev–Trinajstić information content (AvgIpc) is 2.90. The Balaban J connectivity index is 1.76. The second-order valence-electron chi connectivity index (χ2n) is 3.52. The normalized spacial score (nSPS) is 25.3. The molecule has 0 aromatic rings. The first-order chi connectivity index (χ1) is 5.86. The topological polar surface area (TPSA) is 35.5 Å². The van der Waals surface area contributed by atoms with Crippen molar-refractivity contribution in [1.82, 2.24) is 0 Å². The van der Waals surface area contributed by atoms with Gasteiger partial charge in [-0.3, -0.25) is 4.79 Å². The molecule has 3 heteroatoms. The van der Waals surface area contributed by atoms with Crippen molar-refractivity contribution in [1.29, 1.82) is 0 Å². The number of carbonyl (C=O) groups excluding carboxylic acids is 1. The van der Waals surface area contributed by atoms with Gasteiger partial charge in [0.15, 0.2) is 0 Å². The Kier molecular flexibility index (Phi) is 2.30. The molecule has 3 nitrogen and oxygen atoms in total. The molecule has 1 saturated carbocycles. The lowest BCUT2D eigenvalue weighted by atomic mass is 10.0. The molecule has 2 fully saturated rings. The maximum Gasteiger partial charge on any atom is 0.309 e. The highest BCUT2D eigenvalue weighted by atomic mass is 16.5. The maximum atomic E-state index is 11.4. The Morgan fingerprint density at radius 2 is 1.83 bits per heavy atom. The minimum atomic E-state index is 0.000741. The highest BCUT2D eigenvalue weighted by Gasteiger charge is 2.30. The van der Waals surface area contributed by atoms with Crippen LogP contribution in [0.2, 0.25) is 0 Å². The zero-order valence-electron chi connectivity index (χ0n) is 7.12. The van der Waals surface area contributed by atoms with E-state index in [2.05, 4.69) is 0 Å². The monoisotopic (exact) mass is 170 g/mol. The van der Waals surface area contributed by atoms with E-state index >= 15 is 0 Å². The molecule has 0 atom stereocenters. The van der Waals surface area contributed by atoms with Gasteiger partial charge >= 0.3 is 5.97 Å². The fourth-order valence-corrected chi connectivity index (χ4v) is 1.38. The van der Waals surface area contributed by atoms with E-state index in [1.165, 1.54) is 0 Å². The van der Waals surface area contributed by atoms with Crippen molar-refractivity contribution in [3.05, 3.63) is 0 Å². The summed E-state index contributed by atoms with van der Waals surface area (Å²) in [5, 5.41) is 0. The van der Waals surface area contributed by atoms with E-state index in [0.717, 1.165) is 25.7 Å². The van der Waals surface area contributed by atoms with Crippen LogP contribution in [0.1, 0.15) is 25.7 Å². The largest absolute Gasteiger partial charge is 0.462 e. The summed E-state index contributed by atoms with van der Waals surface area (Å²) >= 11 is 0. The SMILES string of the molecule is O=C(OC1CC1)C1CCOCC1. The predicted octanol–water partition coefficient (Wildman–Crippen LogP) is 1.12. The molecule has 1 aliphatic heterocycles. The molecule has 1 heterocycles. The molecule has 0 aromatic heterocycles. The highest BCUT2D eigenvalue weighted by molar-refractivity contribution is 5.72. The molecule has 0 aromatic carbocycles. The molecule has 1 aliphatic carbocycles. The first-order valence-corrected chi connectivity index (χ1v) is 4.64. The predicted molar refractivity (Wildman–Crippen MR) is 42.7 cm³/mol. The van der Waals surface area contributed by atoms with Crippen LogP contribution in [-0.2, 0) is 14.3 Å². The smallest absolute Gasteiger partial charge is 0.309 e. The number of hydrogen-bond donors (Lipinski definition) is 0. The van der Waals surface area contributed by atoms with Gasteiger partial charge in [-0.15, -0.1) is 0 Å². The number of ether oxygens (including phenoxy) is 2. The summed E-state index contributed by atoms with van der Waals surface area (Å²) < 4.78 is 10.4. The van der Waals surface area contributed by atoms with Crippen molar-refractivity contribution in [2.24, 2.45) is 5.92 Å². The van der Waals surface area contributed by atoms with Crippen LogP contribution in [0.5, 0.6) is 0 Å². The molecule has 0 amide bonds. The summed E-state index contributed by atoms with van der Waals surface area (Å²) in [4.78, 5) is 11.4. The Morgan fingerprint density at radius 3 is 2.42 bits per heavy atom. The minimum Gasteiger partial charge on any atom is -0.462 e. The molecular weight excluding hydrogens is 156 g/mol. The first kappa shape index (κ1) is 8.05. The summed E-state index contributed by atoms with van der Waals surface area (Å²) in [5.74, 6) is 0.111. The second kappa shape index (κ2) is 3.44. The van der Waals surface area contributed by atoms with E-state index in [1.807, 2.05) is 0 Å². The van der Waals surface area contributed by atoms with Crippen molar-refractivity contribution in [2.45, 2.75) is 31.8 Å². The van der Waals surface area contributed by atoms with Crippen molar-refractivity contribution in [3.63, 3.8) is 0 Å². The molecule has 12 heavy (non-hydrogen) atoms. The van der Waals surface area contributed by atoms with E-state index in [1.54, 1.807) is 0 Å². The molecular formula is C9H14O3. The second-order valence-corrected chi connectivity index (χ2v) is 3.52. The Hall–Kier alpha value is -0.570. The maximum absolute atomic E-state index is 11.4. The lowest BCUT2D eigenvalue weighted by Gasteiger charge is -2.20. The van der Waals surface area contributed by atoms with Crippen molar-refractivity contribution >= 4 is 5.97 Å². The quantitative estimate of drug-likeness (QED) is 0.582. The fraction of sp³-hybridized carbons (Fsp3) is 0.889. The molecule has 2 rings (SSSR count). The Bertz CT molecular complexity index is 169. The summed E-state index contributed by atoms with van der Waals surface area (Å²) in [6.07, 6.45) is 4.06. The summed E-state index contributed by atoms with van der Waals surface area (Å²) in [6, 6.07) is 0. The molecule has 1 saturated heterocycles. The number of rotatable bonds is 2. The third kappa shape index (κ3) is 1.97.